The second-order valence-corrected chi connectivity index (χ2v) is 6.22. The zero-order chi connectivity index (χ0) is 20.3. The maximum absolute atomic E-state index is 12.6. The van der Waals surface area contributed by atoms with Crippen molar-refractivity contribution in [2.45, 2.75) is 20.0 Å². The summed E-state index contributed by atoms with van der Waals surface area (Å²) in [6, 6.07) is 11.5. The number of anilines is 3. The third kappa shape index (κ3) is 4.64. The van der Waals surface area contributed by atoms with Crippen LogP contribution in [0.1, 0.15) is 27.2 Å². The molecule has 0 aliphatic rings. The van der Waals surface area contributed by atoms with Gasteiger partial charge in [0, 0.05) is 17.6 Å². The first-order chi connectivity index (χ1) is 13.2. The van der Waals surface area contributed by atoms with Gasteiger partial charge in [0.05, 0.1) is 5.56 Å². The van der Waals surface area contributed by atoms with Gasteiger partial charge in [0.1, 0.15) is 5.69 Å². The van der Waals surface area contributed by atoms with E-state index in [9.17, 15) is 18.0 Å². The van der Waals surface area contributed by atoms with Crippen molar-refractivity contribution in [2.75, 3.05) is 10.6 Å². The molecule has 0 aliphatic heterocycles. The van der Waals surface area contributed by atoms with Gasteiger partial charge >= 0.3 is 6.18 Å². The van der Waals surface area contributed by atoms with Crippen molar-refractivity contribution in [3.63, 3.8) is 0 Å². The Morgan fingerprint density at radius 3 is 2.25 bits per heavy atom. The third-order valence-corrected chi connectivity index (χ3v) is 4.12. The molecule has 0 fully saturated rings. The van der Waals surface area contributed by atoms with Gasteiger partial charge in [-0.15, -0.1) is 0 Å². The van der Waals surface area contributed by atoms with Crippen LogP contribution in [-0.2, 0) is 6.18 Å². The topological polar surface area (TPSA) is 66.9 Å². The molecule has 3 aromatic rings. The molecule has 28 heavy (non-hydrogen) atoms. The Balaban J connectivity index is 1.72. The van der Waals surface area contributed by atoms with E-state index in [-0.39, 0.29) is 11.6 Å². The van der Waals surface area contributed by atoms with Gasteiger partial charge in [0.25, 0.3) is 5.91 Å². The fourth-order valence-electron chi connectivity index (χ4n) is 2.43. The smallest absolute Gasteiger partial charge is 0.324 e. The lowest BCUT2D eigenvalue weighted by Gasteiger charge is -2.10. The van der Waals surface area contributed by atoms with Crippen molar-refractivity contribution < 1.29 is 18.0 Å². The minimum atomic E-state index is -4.40. The summed E-state index contributed by atoms with van der Waals surface area (Å²) >= 11 is 0. The molecule has 0 aliphatic carbocycles. The van der Waals surface area contributed by atoms with Crippen LogP contribution in [0, 0.1) is 13.8 Å². The lowest BCUT2D eigenvalue weighted by Crippen LogP contribution is -2.15. The van der Waals surface area contributed by atoms with Crippen LogP contribution in [0.25, 0.3) is 0 Å². The zero-order valence-corrected chi connectivity index (χ0v) is 15.1. The molecule has 1 heterocycles. The highest BCUT2D eigenvalue weighted by molar-refractivity contribution is 6.03. The zero-order valence-electron chi connectivity index (χ0n) is 15.1. The first-order valence-corrected chi connectivity index (χ1v) is 8.38. The molecule has 0 saturated carbocycles. The molecular formula is C20H17F3N4O. The number of rotatable bonds is 4. The molecule has 0 atom stereocenters. The summed E-state index contributed by atoms with van der Waals surface area (Å²) in [6.45, 7) is 3.92. The third-order valence-electron chi connectivity index (χ3n) is 4.12. The minimum Gasteiger partial charge on any atom is -0.324 e. The lowest BCUT2D eigenvalue weighted by molar-refractivity contribution is -0.137. The monoisotopic (exact) mass is 386 g/mol. The lowest BCUT2D eigenvalue weighted by atomic mass is 10.1. The number of nitrogens with zero attached hydrogens (tertiary/aromatic N) is 2. The summed E-state index contributed by atoms with van der Waals surface area (Å²) in [6.07, 6.45) is -3.00. The van der Waals surface area contributed by atoms with Gasteiger partial charge in [0.2, 0.25) is 5.95 Å². The fourth-order valence-corrected chi connectivity index (χ4v) is 2.43. The van der Waals surface area contributed by atoms with Gasteiger partial charge in [-0.2, -0.15) is 13.2 Å². The number of hydrogen-bond donors (Lipinski definition) is 2. The summed E-state index contributed by atoms with van der Waals surface area (Å²) < 4.78 is 37.9. The van der Waals surface area contributed by atoms with Crippen molar-refractivity contribution in [1.29, 1.82) is 0 Å². The largest absolute Gasteiger partial charge is 0.416 e. The number of aromatic nitrogens is 2. The summed E-state index contributed by atoms with van der Waals surface area (Å²) in [5, 5.41) is 5.55. The Kier molecular flexibility index (Phi) is 5.30. The minimum absolute atomic E-state index is 0.104. The molecule has 0 spiro atoms. The second kappa shape index (κ2) is 7.67. The first-order valence-electron chi connectivity index (χ1n) is 8.38. The molecule has 144 valence electrons. The van der Waals surface area contributed by atoms with Crippen molar-refractivity contribution in [2.24, 2.45) is 0 Å². The van der Waals surface area contributed by atoms with Crippen LogP contribution < -0.4 is 10.6 Å². The number of alkyl halides is 3. The Bertz CT molecular complexity index is 1000. The van der Waals surface area contributed by atoms with Crippen LogP contribution in [0.5, 0.6) is 0 Å². The van der Waals surface area contributed by atoms with Crippen molar-refractivity contribution in [3.8, 4) is 0 Å². The molecule has 2 N–H and O–H groups in total. The summed E-state index contributed by atoms with van der Waals surface area (Å²) in [5.74, 6) is -0.311. The van der Waals surface area contributed by atoms with Gasteiger partial charge in [-0.1, -0.05) is 6.07 Å². The number of amides is 1. The predicted octanol–water partition coefficient (Wildman–Crippen LogP) is 5.11. The number of aryl methyl sites for hydroxylation is 2. The van der Waals surface area contributed by atoms with Crippen molar-refractivity contribution >= 4 is 23.2 Å². The van der Waals surface area contributed by atoms with Crippen molar-refractivity contribution in [1.82, 2.24) is 9.97 Å². The van der Waals surface area contributed by atoms with Crippen LogP contribution in [-0.4, -0.2) is 15.9 Å². The van der Waals surface area contributed by atoms with E-state index in [0.29, 0.717) is 11.4 Å². The average Bonchev–Trinajstić information content (AvgIpc) is 2.65. The van der Waals surface area contributed by atoms with E-state index in [2.05, 4.69) is 20.6 Å². The summed E-state index contributed by atoms with van der Waals surface area (Å²) in [4.78, 5) is 20.5. The SMILES string of the molecule is Cc1ccc(NC(=O)c2ccnc(Nc3ccc(C(F)(F)F)cc3)n2)cc1C. The molecule has 0 radical (unpaired) electrons. The Morgan fingerprint density at radius 2 is 1.61 bits per heavy atom. The average molecular weight is 386 g/mol. The Labute approximate surface area is 159 Å². The van der Waals surface area contributed by atoms with E-state index in [1.165, 1.54) is 24.4 Å². The van der Waals surface area contributed by atoms with Crippen molar-refractivity contribution in [3.05, 3.63) is 77.1 Å². The molecule has 0 unspecified atom stereocenters. The second-order valence-electron chi connectivity index (χ2n) is 6.22. The van der Waals surface area contributed by atoms with Crippen LogP contribution in [0.2, 0.25) is 0 Å². The highest BCUT2D eigenvalue weighted by atomic mass is 19.4. The van der Waals surface area contributed by atoms with E-state index in [0.717, 1.165) is 23.3 Å². The maximum atomic E-state index is 12.6. The van der Waals surface area contributed by atoms with E-state index >= 15 is 0 Å². The van der Waals surface area contributed by atoms with Crippen LogP contribution in [0.4, 0.5) is 30.5 Å². The number of hydrogen-bond acceptors (Lipinski definition) is 4. The molecule has 2 aromatic carbocycles. The standard InChI is InChI=1S/C20H17F3N4O/c1-12-3-6-16(11-13(12)2)25-18(28)17-9-10-24-19(27-17)26-15-7-4-14(5-8-15)20(21,22)23/h3-11H,1-2H3,(H,25,28)(H,24,26,27). The number of carbonyl (C=O) groups excluding carboxylic acids is 1. The molecular weight excluding hydrogens is 369 g/mol. The molecule has 0 saturated heterocycles. The van der Waals surface area contributed by atoms with Gasteiger partial charge in [-0.25, -0.2) is 9.97 Å². The summed E-state index contributed by atoms with van der Waals surface area (Å²) in [7, 11) is 0. The van der Waals surface area contributed by atoms with Crippen LogP contribution >= 0.6 is 0 Å². The number of nitrogens with one attached hydrogen (secondary N) is 2. The molecule has 1 aromatic heterocycles. The molecule has 3 rings (SSSR count). The Hall–Kier alpha value is -3.42. The highest BCUT2D eigenvalue weighted by Crippen LogP contribution is 2.30. The number of benzene rings is 2. The normalized spacial score (nSPS) is 11.2. The number of halogens is 3. The maximum Gasteiger partial charge on any atom is 0.416 e. The van der Waals surface area contributed by atoms with E-state index in [1.807, 2.05) is 26.0 Å². The molecule has 1 amide bonds. The van der Waals surface area contributed by atoms with E-state index in [4.69, 9.17) is 0 Å². The van der Waals surface area contributed by atoms with Crippen LogP contribution in [0.3, 0.4) is 0 Å². The van der Waals surface area contributed by atoms with Gasteiger partial charge < -0.3 is 10.6 Å². The van der Waals surface area contributed by atoms with Gasteiger partial charge in [-0.3, -0.25) is 4.79 Å². The van der Waals surface area contributed by atoms with E-state index < -0.39 is 17.6 Å². The van der Waals surface area contributed by atoms with Gasteiger partial charge in [0.15, 0.2) is 0 Å². The fraction of sp³-hybridized carbons (Fsp3) is 0.150. The molecule has 0 bridgehead atoms. The molecule has 5 nitrogen and oxygen atoms in total. The van der Waals surface area contributed by atoms with Crippen LogP contribution in [0.15, 0.2) is 54.7 Å². The highest BCUT2D eigenvalue weighted by Gasteiger charge is 2.29. The summed E-state index contributed by atoms with van der Waals surface area (Å²) in [5.41, 5.74) is 2.56. The molecule has 8 heteroatoms. The number of carbonyl (C=O) groups is 1. The first kappa shape index (κ1) is 19.3. The Morgan fingerprint density at radius 1 is 0.929 bits per heavy atom. The van der Waals surface area contributed by atoms with E-state index in [1.54, 1.807) is 6.07 Å². The quantitative estimate of drug-likeness (QED) is 0.654. The van der Waals surface area contributed by atoms with Gasteiger partial charge in [-0.05, 0) is 67.4 Å². The predicted molar refractivity (Wildman–Crippen MR) is 101 cm³/mol.